The summed E-state index contributed by atoms with van der Waals surface area (Å²) in [6, 6.07) is 8.07. The van der Waals surface area contributed by atoms with Crippen LogP contribution in [0.5, 0.6) is 0 Å². The average molecular weight is 367 g/mol. The number of carbonyl (C=O) groups is 2. The molecule has 0 spiro atoms. The summed E-state index contributed by atoms with van der Waals surface area (Å²) in [6.45, 7) is 1.73. The Hall–Kier alpha value is -1.89. The van der Waals surface area contributed by atoms with Crippen LogP contribution in [0.4, 0.5) is 0 Å². The number of benzene rings is 1. The molecule has 25 heavy (non-hydrogen) atoms. The number of ether oxygens (including phenoxy) is 1. The molecule has 1 fully saturated rings. The highest BCUT2D eigenvalue weighted by Gasteiger charge is 2.23. The van der Waals surface area contributed by atoms with Gasteiger partial charge in [-0.25, -0.2) is 8.42 Å². The van der Waals surface area contributed by atoms with E-state index in [-0.39, 0.29) is 35.6 Å². The molecule has 2 unspecified atom stereocenters. The Labute approximate surface area is 148 Å². The maximum atomic E-state index is 12.1. The Bertz CT molecular complexity index is 687. The zero-order chi connectivity index (χ0) is 18.3. The summed E-state index contributed by atoms with van der Waals surface area (Å²) < 4.78 is 29.1. The van der Waals surface area contributed by atoms with E-state index in [0.29, 0.717) is 5.92 Å². The van der Waals surface area contributed by atoms with Gasteiger partial charge in [0.15, 0.2) is 16.4 Å². The fraction of sp³-hybridized carbons (Fsp3) is 0.556. The standard InChI is InChI=1S/C18H25NO5S/c1-14-7-5-6-10-16(14)19-17(20)13-24-18(21)11-12-25(22,23)15-8-3-2-4-9-15/h2-4,8-9,14,16H,5-7,10-13H2,1H3,(H,19,20). The normalized spacial score (nSPS) is 20.7. The number of sulfone groups is 1. The Morgan fingerprint density at radius 3 is 2.52 bits per heavy atom. The molecule has 1 aliphatic rings. The molecule has 0 aliphatic heterocycles. The van der Waals surface area contributed by atoms with Gasteiger partial charge in [0.2, 0.25) is 0 Å². The number of esters is 1. The number of nitrogens with one attached hydrogen (secondary N) is 1. The number of carbonyl (C=O) groups excluding carboxylic acids is 2. The highest BCUT2D eigenvalue weighted by molar-refractivity contribution is 7.91. The van der Waals surface area contributed by atoms with Crippen molar-refractivity contribution in [2.45, 2.75) is 50.0 Å². The van der Waals surface area contributed by atoms with Crippen LogP contribution in [0.15, 0.2) is 35.2 Å². The van der Waals surface area contributed by atoms with Gasteiger partial charge in [-0.05, 0) is 30.9 Å². The highest BCUT2D eigenvalue weighted by atomic mass is 32.2. The lowest BCUT2D eigenvalue weighted by molar-refractivity contribution is -0.148. The van der Waals surface area contributed by atoms with E-state index in [1.807, 2.05) is 0 Å². The molecule has 1 aliphatic carbocycles. The zero-order valence-corrected chi connectivity index (χ0v) is 15.3. The Morgan fingerprint density at radius 2 is 1.84 bits per heavy atom. The molecule has 1 saturated carbocycles. The van der Waals surface area contributed by atoms with Crippen molar-refractivity contribution in [3.8, 4) is 0 Å². The average Bonchev–Trinajstić information content (AvgIpc) is 2.61. The van der Waals surface area contributed by atoms with Gasteiger partial charge in [-0.1, -0.05) is 38.0 Å². The summed E-state index contributed by atoms with van der Waals surface area (Å²) in [5, 5.41) is 2.89. The van der Waals surface area contributed by atoms with Gasteiger partial charge in [-0.2, -0.15) is 0 Å². The summed E-state index contributed by atoms with van der Waals surface area (Å²) in [5.74, 6) is -0.939. The lowest BCUT2D eigenvalue weighted by Crippen LogP contribution is -2.42. The minimum Gasteiger partial charge on any atom is -0.456 e. The van der Waals surface area contributed by atoms with Crippen LogP contribution >= 0.6 is 0 Å². The maximum absolute atomic E-state index is 12.1. The quantitative estimate of drug-likeness (QED) is 0.745. The monoisotopic (exact) mass is 367 g/mol. The van der Waals surface area contributed by atoms with Crippen LogP contribution in [0.3, 0.4) is 0 Å². The van der Waals surface area contributed by atoms with E-state index in [2.05, 4.69) is 12.2 Å². The van der Waals surface area contributed by atoms with Crippen LogP contribution in [0.25, 0.3) is 0 Å². The number of rotatable bonds is 7. The van der Waals surface area contributed by atoms with Crippen LogP contribution in [0.2, 0.25) is 0 Å². The van der Waals surface area contributed by atoms with Gasteiger partial charge in [-0.3, -0.25) is 9.59 Å². The second kappa shape index (κ2) is 8.99. The number of hydrogen-bond acceptors (Lipinski definition) is 5. The lowest BCUT2D eigenvalue weighted by atomic mass is 9.86. The van der Waals surface area contributed by atoms with Gasteiger partial charge in [-0.15, -0.1) is 0 Å². The fourth-order valence-electron chi connectivity index (χ4n) is 2.96. The third-order valence-corrected chi connectivity index (χ3v) is 6.23. The summed E-state index contributed by atoms with van der Waals surface area (Å²) >= 11 is 0. The van der Waals surface area contributed by atoms with E-state index in [1.54, 1.807) is 18.2 Å². The van der Waals surface area contributed by atoms with Gasteiger partial charge < -0.3 is 10.1 Å². The summed E-state index contributed by atoms with van der Waals surface area (Å²) in [6.07, 6.45) is 4.02. The van der Waals surface area contributed by atoms with E-state index < -0.39 is 15.8 Å². The summed E-state index contributed by atoms with van der Waals surface area (Å²) in [4.78, 5) is 23.8. The summed E-state index contributed by atoms with van der Waals surface area (Å²) in [7, 11) is -3.53. The molecule has 0 saturated heterocycles. The molecular formula is C18H25NO5S. The molecule has 1 N–H and O–H groups in total. The van der Waals surface area contributed by atoms with Gasteiger partial charge in [0.05, 0.1) is 17.1 Å². The van der Waals surface area contributed by atoms with Gasteiger partial charge in [0, 0.05) is 6.04 Å². The molecule has 138 valence electrons. The van der Waals surface area contributed by atoms with E-state index in [1.165, 1.54) is 18.6 Å². The van der Waals surface area contributed by atoms with Crippen molar-refractivity contribution in [3.63, 3.8) is 0 Å². The predicted octanol–water partition coefficient (Wildman–Crippen LogP) is 2.09. The largest absolute Gasteiger partial charge is 0.456 e. The Kier molecular flexibility index (Phi) is 6.99. The lowest BCUT2D eigenvalue weighted by Gasteiger charge is -2.29. The topological polar surface area (TPSA) is 89.5 Å². The predicted molar refractivity (Wildman–Crippen MR) is 93.6 cm³/mol. The van der Waals surface area contributed by atoms with Crippen LogP contribution in [0.1, 0.15) is 39.0 Å². The maximum Gasteiger partial charge on any atom is 0.307 e. The van der Waals surface area contributed by atoms with Crippen LogP contribution < -0.4 is 5.32 Å². The minimum absolute atomic E-state index is 0.124. The zero-order valence-electron chi connectivity index (χ0n) is 14.4. The molecule has 7 heteroatoms. The SMILES string of the molecule is CC1CCCCC1NC(=O)COC(=O)CCS(=O)(=O)c1ccccc1. The van der Waals surface area contributed by atoms with E-state index in [9.17, 15) is 18.0 Å². The number of amides is 1. The molecule has 0 heterocycles. The van der Waals surface area contributed by atoms with E-state index in [4.69, 9.17) is 4.74 Å². The van der Waals surface area contributed by atoms with Gasteiger partial charge in [0.1, 0.15) is 0 Å². The van der Waals surface area contributed by atoms with E-state index >= 15 is 0 Å². The number of hydrogen-bond donors (Lipinski definition) is 1. The van der Waals surface area contributed by atoms with E-state index in [0.717, 1.165) is 19.3 Å². The van der Waals surface area contributed by atoms with Crippen molar-refractivity contribution in [2.24, 2.45) is 5.92 Å². The molecular weight excluding hydrogens is 342 g/mol. The third-order valence-electron chi connectivity index (χ3n) is 4.50. The minimum atomic E-state index is -3.53. The molecule has 0 radical (unpaired) electrons. The molecule has 0 aromatic heterocycles. The van der Waals surface area contributed by atoms with Crippen molar-refractivity contribution in [1.29, 1.82) is 0 Å². The highest BCUT2D eigenvalue weighted by Crippen LogP contribution is 2.23. The third kappa shape index (κ3) is 6.16. The molecule has 6 nitrogen and oxygen atoms in total. The van der Waals surface area contributed by atoms with Crippen molar-refractivity contribution < 1.29 is 22.7 Å². The first-order chi connectivity index (χ1) is 11.9. The first-order valence-electron chi connectivity index (χ1n) is 8.61. The molecule has 1 aromatic rings. The Morgan fingerprint density at radius 1 is 1.16 bits per heavy atom. The van der Waals surface area contributed by atoms with Gasteiger partial charge >= 0.3 is 5.97 Å². The van der Waals surface area contributed by atoms with Crippen molar-refractivity contribution in [1.82, 2.24) is 5.32 Å². The van der Waals surface area contributed by atoms with Gasteiger partial charge in [0.25, 0.3) is 5.91 Å². The van der Waals surface area contributed by atoms with Crippen molar-refractivity contribution in [2.75, 3.05) is 12.4 Å². The summed E-state index contributed by atoms with van der Waals surface area (Å²) in [5.41, 5.74) is 0. The van der Waals surface area contributed by atoms with Crippen LogP contribution in [-0.4, -0.2) is 38.7 Å². The van der Waals surface area contributed by atoms with Crippen molar-refractivity contribution in [3.05, 3.63) is 30.3 Å². The molecule has 1 aromatic carbocycles. The smallest absolute Gasteiger partial charge is 0.307 e. The first kappa shape index (κ1) is 19.4. The molecule has 0 bridgehead atoms. The fourth-order valence-corrected chi connectivity index (χ4v) is 4.20. The Balaban J connectivity index is 1.72. The molecule has 2 atom stereocenters. The molecule has 1 amide bonds. The first-order valence-corrected chi connectivity index (χ1v) is 10.3. The second-order valence-corrected chi connectivity index (χ2v) is 8.59. The molecule has 2 rings (SSSR count). The van der Waals surface area contributed by atoms with Crippen molar-refractivity contribution >= 4 is 21.7 Å². The second-order valence-electron chi connectivity index (χ2n) is 6.48. The van der Waals surface area contributed by atoms with Crippen LogP contribution in [0, 0.1) is 5.92 Å². The van der Waals surface area contributed by atoms with Crippen LogP contribution in [-0.2, 0) is 24.2 Å².